The van der Waals surface area contributed by atoms with Crippen molar-refractivity contribution in [1.82, 2.24) is 4.98 Å². The molecule has 2 atom stereocenters. The molecule has 0 bridgehead atoms. The fourth-order valence-electron chi connectivity index (χ4n) is 2.83. The minimum atomic E-state index is -0.987. The minimum absolute atomic E-state index is 0.212. The Morgan fingerprint density at radius 2 is 1.96 bits per heavy atom. The largest absolute Gasteiger partial charge is 0.381 e. The van der Waals surface area contributed by atoms with Gasteiger partial charge in [-0.2, -0.15) is 0 Å². The molecule has 2 aliphatic rings. The van der Waals surface area contributed by atoms with Crippen molar-refractivity contribution in [1.29, 1.82) is 0 Å². The predicted octanol–water partition coefficient (Wildman–Crippen LogP) is 2.68. The van der Waals surface area contributed by atoms with E-state index in [2.05, 4.69) is 10.1 Å². The molecule has 0 spiro atoms. The summed E-state index contributed by atoms with van der Waals surface area (Å²) in [6.07, 6.45) is 2.19. The van der Waals surface area contributed by atoms with Gasteiger partial charge in [0.05, 0.1) is 10.7 Å². The SMILES string of the molecule is O=C1[C@@H]2C(c3cccnc3)=NO[C@@H]2C(=O)N1c1ccc(Cl)cc1Cl. The zero-order valence-corrected chi connectivity index (χ0v) is 13.5. The van der Waals surface area contributed by atoms with Gasteiger partial charge in [-0.1, -0.05) is 28.4 Å². The summed E-state index contributed by atoms with van der Waals surface area (Å²) in [4.78, 5) is 35.7. The molecule has 0 radical (unpaired) electrons. The molecule has 0 N–H and O–H groups in total. The lowest BCUT2D eigenvalue weighted by Crippen LogP contribution is -2.33. The Hall–Kier alpha value is -2.44. The molecule has 2 aliphatic heterocycles. The van der Waals surface area contributed by atoms with E-state index in [1.165, 1.54) is 12.1 Å². The van der Waals surface area contributed by atoms with Crippen LogP contribution in [0.4, 0.5) is 5.69 Å². The Morgan fingerprint density at radius 3 is 2.67 bits per heavy atom. The van der Waals surface area contributed by atoms with Crippen molar-refractivity contribution in [3.8, 4) is 0 Å². The second-order valence-corrected chi connectivity index (χ2v) is 6.17. The highest BCUT2D eigenvalue weighted by atomic mass is 35.5. The van der Waals surface area contributed by atoms with Crippen LogP contribution in [0.5, 0.6) is 0 Å². The fraction of sp³-hybridized carbons (Fsp3) is 0.125. The summed E-state index contributed by atoms with van der Waals surface area (Å²) in [7, 11) is 0. The second-order valence-electron chi connectivity index (χ2n) is 5.33. The zero-order valence-electron chi connectivity index (χ0n) is 12.0. The molecular formula is C16H9Cl2N3O3. The molecule has 1 aromatic heterocycles. The maximum absolute atomic E-state index is 12.9. The van der Waals surface area contributed by atoms with Crippen LogP contribution in [0.25, 0.3) is 0 Å². The Kier molecular flexibility index (Phi) is 3.51. The first kappa shape index (κ1) is 15.1. The molecule has 0 unspecified atom stereocenters. The van der Waals surface area contributed by atoms with Crippen molar-refractivity contribution < 1.29 is 14.4 Å². The lowest BCUT2D eigenvalue weighted by molar-refractivity contribution is -0.126. The summed E-state index contributed by atoms with van der Waals surface area (Å²) in [5.41, 5.74) is 1.30. The molecule has 4 rings (SSSR count). The summed E-state index contributed by atoms with van der Waals surface area (Å²) >= 11 is 12.0. The number of oxime groups is 1. The maximum atomic E-state index is 12.9. The Morgan fingerprint density at radius 1 is 1.12 bits per heavy atom. The second kappa shape index (κ2) is 5.58. The van der Waals surface area contributed by atoms with Crippen LogP contribution in [0.15, 0.2) is 47.9 Å². The molecule has 2 amide bonds. The highest BCUT2D eigenvalue weighted by Gasteiger charge is 2.56. The fourth-order valence-corrected chi connectivity index (χ4v) is 3.32. The first-order valence-corrected chi connectivity index (χ1v) is 7.80. The number of anilines is 1. The summed E-state index contributed by atoms with van der Waals surface area (Å²) < 4.78 is 0. The van der Waals surface area contributed by atoms with Crippen molar-refractivity contribution in [3.63, 3.8) is 0 Å². The van der Waals surface area contributed by atoms with Gasteiger partial charge in [-0.3, -0.25) is 14.6 Å². The number of halogens is 2. The number of pyridine rings is 1. The lowest BCUT2D eigenvalue weighted by Gasteiger charge is -2.17. The maximum Gasteiger partial charge on any atom is 0.279 e. The van der Waals surface area contributed by atoms with E-state index in [0.717, 1.165) is 4.90 Å². The summed E-state index contributed by atoms with van der Waals surface area (Å²) in [5, 5.41) is 4.54. The van der Waals surface area contributed by atoms with Gasteiger partial charge < -0.3 is 4.84 Å². The molecule has 0 saturated carbocycles. The first-order valence-electron chi connectivity index (χ1n) is 7.05. The average molecular weight is 362 g/mol. The van der Waals surface area contributed by atoms with E-state index in [4.69, 9.17) is 28.0 Å². The number of carbonyl (C=O) groups excluding carboxylic acids is 2. The summed E-state index contributed by atoms with van der Waals surface area (Å²) in [5.74, 6) is -1.75. The highest BCUT2D eigenvalue weighted by molar-refractivity contribution is 6.39. The molecule has 120 valence electrons. The van der Waals surface area contributed by atoms with Crippen molar-refractivity contribution in [3.05, 3.63) is 58.3 Å². The number of benzene rings is 1. The molecule has 1 aromatic carbocycles. The molecule has 1 fully saturated rings. The molecule has 6 nitrogen and oxygen atoms in total. The topological polar surface area (TPSA) is 71.9 Å². The Labute approximate surface area is 146 Å². The zero-order chi connectivity index (χ0) is 16.8. The number of imide groups is 1. The highest BCUT2D eigenvalue weighted by Crippen LogP contribution is 2.38. The number of rotatable bonds is 2. The number of aromatic nitrogens is 1. The number of hydrogen-bond acceptors (Lipinski definition) is 5. The minimum Gasteiger partial charge on any atom is -0.381 e. The van der Waals surface area contributed by atoms with Crippen LogP contribution in [0.2, 0.25) is 10.0 Å². The van der Waals surface area contributed by atoms with Crippen molar-refractivity contribution in [2.24, 2.45) is 11.1 Å². The monoisotopic (exact) mass is 361 g/mol. The molecule has 24 heavy (non-hydrogen) atoms. The van der Waals surface area contributed by atoms with Gasteiger partial charge in [0.25, 0.3) is 5.91 Å². The number of fused-ring (bicyclic) bond motifs is 1. The number of hydrogen-bond donors (Lipinski definition) is 0. The molecule has 0 aliphatic carbocycles. The van der Waals surface area contributed by atoms with Crippen LogP contribution in [0, 0.1) is 5.92 Å². The van der Waals surface area contributed by atoms with Gasteiger partial charge in [-0.05, 0) is 30.3 Å². The number of nitrogens with zero attached hydrogens (tertiary/aromatic N) is 3. The van der Waals surface area contributed by atoms with Crippen LogP contribution in [0.1, 0.15) is 5.56 Å². The van der Waals surface area contributed by atoms with Gasteiger partial charge in [-0.15, -0.1) is 0 Å². The van der Waals surface area contributed by atoms with E-state index in [9.17, 15) is 9.59 Å². The van der Waals surface area contributed by atoms with Crippen LogP contribution >= 0.6 is 23.2 Å². The van der Waals surface area contributed by atoms with Crippen LogP contribution in [0.3, 0.4) is 0 Å². The standard InChI is InChI=1S/C16H9Cl2N3O3/c17-9-3-4-11(10(18)6-9)21-15(22)12-13(8-2-1-5-19-7-8)20-24-14(12)16(21)23/h1-7,12,14H/t12-,14+/m1/s1. The molecule has 1 saturated heterocycles. The smallest absolute Gasteiger partial charge is 0.279 e. The quantitative estimate of drug-likeness (QED) is 0.770. The normalized spacial score (nSPS) is 22.4. The Bertz CT molecular complexity index is 885. The van der Waals surface area contributed by atoms with E-state index in [1.54, 1.807) is 30.6 Å². The van der Waals surface area contributed by atoms with Crippen molar-refractivity contribution >= 4 is 46.4 Å². The van der Waals surface area contributed by atoms with Gasteiger partial charge >= 0.3 is 0 Å². The average Bonchev–Trinajstić information content (AvgIpc) is 3.11. The first-order chi connectivity index (χ1) is 11.6. The molecular weight excluding hydrogens is 353 g/mol. The van der Waals surface area contributed by atoms with E-state index in [1.807, 2.05) is 0 Å². The third-order valence-electron chi connectivity index (χ3n) is 3.92. The summed E-state index contributed by atoms with van der Waals surface area (Å²) in [6.45, 7) is 0. The van der Waals surface area contributed by atoms with E-state index < -0.39 is 23.8 Å². The van der Waals surface area contributed by atoms with Crippen molar-refractivity contribution in [2.75, 3.05) is 4.90 Å². The molecule has 8 heteroatoms. The third kappa shape index (κ3) is 2.18. The predicted molar refractivity (Wildman–Crippen MR) is 88.1 cm³/mol. The molecule has 3 heterocycles. The van der Waals surface area contributed by atoms with E-state index in [0.29, 0.717) is 16.3 Å². The number of amides is 2. The van der Waals surface area contributed by atoms with Crippen LogP contribution in [-0.4, -0.2) is 28.6 Å². The summed E-state index contributed by atoms with van der Waals surface area (Å²) in [6, 6.07) is 8.05. The Balaban J connectivity index is 1.74. The van der Waals surface area contributed by atoms with Gasteiger partial charge in [0.2, 0.25) is 12.0 Å². The van der Waals surface area contributed by atoms with Crippen LogP contribution in [-0.2, 0) is 14.4 Å². The van der Waals surface area contributed by atoms with Gasteiger partial charge in [0.15, 0.2) is 0 Å². The van der Waals surface area contributed by atoms with Gasteiger partial charge in [0.1, 0.15) is 11.6 Å². The van der Waals surface area contributed by atoms with Crippen LogP contribution < -0.4 is 4.90 Å². The van der Waals surface area contributed by atoms with Gasteiger partial charge in [0, 0.05) is 23.0 Å². The third-order valence-corrected chi connectivity index (χ3v) is 4.46. The number of carbonyl (C=O) groups is 2. The van der Waals surface area contributed by atoms with Crippen molar-refractivity contribution in [2.45, 2.75) is 6.10 Å². The molecule has 2 aromatic rings. The van der Waals surface area contributed by atoms with E-state index in [-0.39, 0.29) is 10.7 Å². The lowest BCUT2D eigenvalue weighted by atomic mass is 9.95. The van der Waals surface area contributed by atoms with E-state index >= 15 is 0 Å². The van der Waals surface area contributed by atoms with Gasteiger partial charge in [-0.25, -0.2) is 4.90 Å².